The number of hydrogen-bond donors (Lipinski definition) is 0. The zero-order valence-electron chi connectivity index (χ0n) is 38.6. The van der Waals surface area contributed by atoms with Crippen LogP contribution < -0.4 is 0 Å². The van der Waals surface area contributed by atoms with E-state index in [9.17, 15) is 15.8 Å². The fourth-order valence-electron chi connectivity index (χ4n) is 9.41. The van der Waals surface area contributed by atoms with Crippen LogP contribution in [0.5, 0.6) is 0 Å². The zero-order valence-corrected chi connectivity index (χ0v) is 38.6. The number of aromatic nitrogens is 3. The SMILES string of the molecule is [C-]#[N+]c1ccc(-c2cc(-c3cc(-c4ccccc4)nc(-c4ccccc4)n3)cc(-c3ccc(C#N)cc3)c2-n2c3ccc(-c4cc(C#N)cc([N+]#[C-])c4)cc3c3cc(-c4cc(C#N)cc([N+]#[C-])c4)ccc32)cc1. The Morgan fingerprint density at radius 1 is 0.356 bits per heavy atom. The number of nitriles is 3. The molecule has 0 bridgehead atoms. The topological polar surface area (TPSA) is 115 Å². The van der Waals surface area contributed by atoms with Crippen LogP contribution >= 0.6 is 0 Å². The molecule has 0 spiro atoms. The Kier molecular flexibility index (Phi) is 11.4. The van der Waals surface area contributed by atoms with Crippen molar-refractivity contribution in [2.75, 3.05) is 0 Å². The van der Waals surface area contributed by atoms with E-state index in [4.69, 9.17) is 29.7 Å². The van der Waals surface area contributed by atoms with Gasteiger partial charge in [-0.3, -0.25) is 0 Å². The Morgan fingerprint density at radius 3 is 1.29 bits per heavy atom. The molecule has 0 fully saturated rings. The van der Waals surface area contributed by atoms with Crippen LogP contribution in [0.4, 0.5) is 17.1 Å². The second-order valence-electron chi connectivity index (χ2n) is 17.2. The van der Waals surface area contributed by atoms with Gasteiger partial charge in [-0.1, -0.05) is 109 Å². The molecular weight excluding hydrogens is 895 g/mol. The first-order chi connectivity index (χ1) is 35.8. The highest BCUT2D eigenvalue weighted by Crippen LogP contribution is 2.46. The van der Waals surface area contributed by atoms with Crippen molar-refractivity contribution in [3.05, 3.63) is 251 Å². The van der Waals surface area contributed by atoms with Gasteiger partial charge < -0.3 is 4.57 Å². The summed E-state index contributed by atoms with van der Waals surface area (Å²) in [6.07, 6.45) is 0. The summed E-state index contributed by atoms with van der Waals surface area (Å²) in [7, 11) is 0. The maximum atomic E-state index is 9.99. The third kappa shape index (κ3) is 8.34. The van der Waals surface area contributed by atoms with Crippen LogP contribution in [-0.4, -0.2) is 14.5 Å². The van der Waals surface area contributed by atoms with Gasteiger partial charge in [-0.05, 0) is 124 Å². The molecule has 0 saturated heterocycles. The van der Waals surface area contributed by atoms with E-state index in [1.54, 1.807) is 36.4 Å². The molecule has 9 heteroatoms. The Labute approximate surface area is 420 Å². The highest BCUT2D eigenvalue weighted by molar-refractivity contribution is 6.13. The highest BCUT2D eigenvalue weighted by Gasteiger charge is 2.24. The van der Waals surface area contributed by atoms with Crippen LogP contribution in [-0.2, 0) is 0 Å². The van der Waals surface area contributed by atoms with Gasteiger partial charge in [0.05, 0.1) is 71.6 Å². The molecule has 0 amide bonds. The van der Waals surface area contributed by atoms with Gasteiger partial charge in [0.15, 0.2) is 22.9 Å². The Bertz CT molecular complexity index is 3970. The van der Waals surface area contributed by atoms with Crippen LogP contribution in [0.2, 0.25) is 0 Å². The summed E-state index contributed by atoms with van der Waals surface area (Å²) in [5.41, 5.74) is 15.3. The quantitative estimate of drug-likeness (QED) is 0.141. The lowest BCUT2D eigenvalue weighted by Gasteiger charge is -2.21. The molecule has 2 heterocycles. The predicted octanol–water partition coefficient (Wildman–Crippen LogP) is 16.5. The van der Waals surface area contributed by atoms with E-state index in [0.29, 0.717) is 56.4 Å². The summed E-state index contributed by atoms with van der Waals surface area (Å²) in [6.45, 7) is 23.5. The van der Waals surface area contributed by atoms with Gasteiger partial charge in [-0.15, -0.1) is 0 Å². The summed E-state index contributed by atoms with van der Waals surface area (Å²) >= 11 is 0. The van der Waals surface area contributed by atoms with Gasteiger partial charge in [0.25, 0.3) is 0 Å². The molecular formula is C64H33N9. The molecule has 0 aliphatic heterocycles. The molecule has 9 nitrogen and oxygen atoms in total. The van der Waals surface area contributed by atoms with Gasteiger partial charge in [-0.25, -0.2) is 24.5 Å². The van der Waals surface area contributed by atoms with Crippen molar-refractivity contribution < 1.29 is 0 Å². The number of hydrogen-bond acceptors (Lipinski definition) is 5. The molecule has 11 aromatic rings. The van der Waals surface area contributed by atoms with Crippen molar-refractivity contribution in [1.82, 2.24) is 14.5 Å². The fraction of sp³-hybridized carbons (Fsp3) is 0. The molecule has 2 aromatic heterocycles. The Balaban J connectivity index is 1.26. The van der Waals surface area contributed by atoms with E-state index in [1.807, 2.05) is 127 Å². The first kappa shape index (κ1) is 44.3. The van der Waals surface area contributed by atoms with E-state index in [0.717, 1.165) is 83.3 Å². The van der Waals surface area contributed by atoms with E-state index >= 15 is 0 Å². The molecule has 0 aliphatic carbocycles. The molecule has 0 aliphatic rings. The van der Waals surface area contributed by atoms with Crippen molar-refractivity contribution in [2.24, 2.45) is 0 Å². The van der Waals surface area contributed by atoms with Gasteiger partial charge in [0.2, 0.25) is 0 Å². The van der Waals surface area contributed by atoms with Gasteiger partial charge >= 0.3 is 0 Å². The summed E-state index contributed by atoms with van der Waals surface area (Å²) in [6, 6.07) is 70.5. The third-order valence-electron chi connectivity index (χ3n) is 12.9. The second kappa shape index (κ2) is 18.7. The van der Waals surface area contributed by atoms with Crippen LogP contribution in [0.25, 0.3) is 120 Å². The molecule has 0 radical (unpaired) electrons. The number of benzene rings is 9. The fourth-order valence-corrected chi connectivity index (χ4v) is 9.41. The lowest BCUT2D eigenvalue weighted by Crippen LogP contribution is -2.03. The summed E-state index contributed by atoms with van der Waals surface area (Å²) in [5.74, 6) is 0.561. The smallest absolute Gasteiger partial charge is 0.189 e. The van der Waals surface area contributed by atoms with Crippen molar-refractivity contribution in [1.29, 1.82) is 15.8 Å². The van der Waals surface area contributed by atoms with E-state index < -0.39 is 0 Å². The van der Waals surface area contributed by atoms with Crippen molar-refractivity contribution in [3.63, 3.8) is 0 Å². The maximum Gasteiger partial charge on any atom is 0.189 e. The number of rotatable bonds is 8. The first-order valence-corrected chi connectivity index (χ1v) is 23.0. The van der Waals surface area contributed by atoms with E-state index in [-0.39, 0.29) is 0 Å². The molecule has 0 N–H and O–H groups in total. The summed E-state index contributed by atoms with van der Waals surface area (Å²) in [4.78, 5) is 21.4. The molecule has 0 atom stereocenters. The molecule has 73 heavy (non-hydrogen) atoms. The minimum Gasteiger partial charge on any atom is -0.308 e. The van der Waals surface area contributed by atoms with Gasteiger partial charge in [0.1, 0.15) is 0 Å². The largest absolute Gasteiger partial charge is 0.308 e. The minimum atomic E-state index is 0.350. The van der Waals surface area contributed by atoms with Crippen LogP contribution in [0.15, 0.2) is 200 Å². The standard InChI is InChI=1S/C64H33N9/c1-68-52-22-18-44(19-23-52)56-35-51(60-36-59(45-10-6-4-7-11-45)71-64(72-60)46-12-8-5-9-13-46)34-55(43-16-14-40(37-65)15-17-43)63(56)73-61-24-20-47(49-26-41(38-66)28-53(30-49)69-2)32-57(61)58-33-48(21-25-62(58)73)50-27-42(39-67)29-54(31-50)70-3/h4-36H. The molecule has 334 valence electrons. The minimum absolute atomic E-state index is 0.350. The van der Waals surface area contributed by atoms with Crippen LogP contribution in [0.1, 0.15) is 16.7 Å². The normalized spacial score (nSPS) is 10.7. The van der Waals surface area contributed by atoms with Gasteiger partial charge in [-0.2, -0.15) is 15.8 Å². The number of fused-ring (bicyclic) bond motifs is 3. The zero-order chi connectivity index (χ0) is 50.0. The predicted molar refractivity (Wildman–Crippen MR) is 287 cm³/mol. The monoisotopic (exact) mass is 927 g/mol. The molecule has 0 saturated carbocycles. The van der Waals surface area contributed by atoms with E-state index in [2.05, 4.69) is 73.7 Å². The summed E-state index contributed by atoms with van der Waals surface area (Å²) < 4.78 is 2.24. The second-order valence-corrected chi connectivity index (χ2v) is 17.2. The lowest BCUT2D eigenvalue weighted by molar-refractivity contribution is 1.17. The average Bonchev–Trinajstić information content (AvgIpc) is 3.79. The molecule has 9 aromatic carbocycles. The Hall–Kier alpha value is -11.2. The van der Waals surface area contributed by atoms with Crippen molar-refractivity contribution in [2.45, 2.75) is 0 Å². The highest BCUT2D eigenvalue weighted by atomic mass is 15.0. The molecule has 11 rings (SSSR count). The van der Waals surface area contributed by atoms with Crippen LogP contribution in [0, 0.1) is 53.7 Å². The van der Waals surface area contributed by atoms with Crippen molar-refractivity contribution >= 4 is 38.9 Å². The van der Waals surface area contributed by atoms with Crippen LogP contribution in [0.3, 0.4) is 0 Å². The molecule has 0 unspecified atom stereocenters. The first-order valence-electron chi connectivity index (χ1n) is 23.0. The average molecular weight is 928 g/mol. The third-order valence-corrected chi connectivity index (χ3v) is 12.9. The van der Waals surface area contributed by atoms with Crippen molar-refractivity contribution in [3.8, 4) is 102 Å². The Morgan fingerprint density at radius 2 is 0.808 bits per heavy atom. The van der Waals surface area contributed by atoms with E-state index in [1.165, 1.54) is 0 Å². The number of nitrogens with zero attached hydrogens (tertiary/aromatic N) is 9. The maximum absolute atomic E-state index is 9.99. The summed E-state index contributed by atoms with van der Waals surface area (Å²) in [5, 5.41) is 31.7. The van der Waals surface area contributed by atoms with Gasteiger partial charge in [0, 0.05) is 49.7 Å². The lowest BCUT2D eigenvalue weighted by atomic mass is 9.91.